The number of ether oxygens (including phenoxy) is 1. The first-order valence-electron chi connectivity index (χ1n) is 11.6. The summed E-state index contributed by atoms with van der Waals surface area (Å²) in [6.07, 6.45) is 3.73. The predicted octanol–water partition coefficient (Wildman–Crippen LogP) is 2.99. The zero-order chi connectivity index (χ0) is 24.4. The highest BCUT2D eigenvalue weighted by molar-refractivity contribution is 7.90. The second kappa shape index (κ2) is 12.5. The number of likely N-dealkylation sites (tertiary alicyclic amines) is 1. The summed E-state index contributed by atoms with van der Waals surface area (Å²) in [5.74, 6) is -0.732. The number of nitrogens with one attached hydrogen (secondary N) is 2. The molecule has 1 heterocycles. The van der Waals surface area contributed by atoms with Crippen molar-refractivity contribution in [3.05, 3.63) is 65.7 Å². The van der Waals surface area contributed by atoms with E-state index in [2.05, 4.69) is 15.5 Å². The van der Waals surface area contributed by atoms with Gasteiger partial charge in [-0.1, -0.05) is 42.5 Å². The first-order chi connectivity index (χ1) is 16.3. The van der Waals surface area contributed by atoms with Gasteiger partial charge in [-0.05, 0) is 62.0 Å². The number of hydrogen-bond donors (Lipinski definition) is 2. The van der Waals surface area contributed by atoms with Crippen LogP contribution in [0.25, 0.3) is 0 Å². The molecule has 1 aliphatic rings. The van der Waals surface area contributed by atoms with Gasteiger partial charge in [0, 0.05) is 18.5 Å². The number of hydrogen-bond acceptors (Lipinski definition) is 6. The summed E-state index contributed by atoms with van der Waals surface area (Å²) in [6, 6.07) is 15.7. The molecule has 3 rings (SSSR count). The minimum Gasteiger partial charge on any atom is -0.445 e. The third-order valence-corrected chi connectivity index (χ3v) is 6.71. The van der Waals surface area contributed by atoms with Crippen LogP contribution in [0.2, 0.25) is 0 Å². The van der Waals surface area contributed by atoms with Crippen LogP contribution in [0.4, 0.5) is 10.5 Å². The zero-order valence-corrected chi connectivity index (χ0v) is 20.4. The first kappa shape index (κ1) is 25.7. The van der Waals surface area contributed by atoms with Crippen LogP contribution in [0.1, 0.15) is 30.4 Å². The Bertz CT molecular complexity index is 1040. The summed E-state index contributed by atoms with van der Waals surface area (Å²) in [6.45, 7) is 3.38. The van der Waals surface area contributed by atoms with E-state index in [1.54, 1.807) is 0 Å². The lowest BCUT2D eigenvalue weighted by atomic mass is 10.1. The van der Waals surface area contributed by atoms with E-state index < -0.39 is 27.9 Å². The third kappa shape index (κ3) is 9.15. The lowest BCUT2D eigenvalue weighted by Crippen LogP contribution is -2.45. The van der Waals surface area contributed by atoms with Crippen molar-refractivity contribution in [2.24, 2.45) is 0 Å². The number of nitrogens with zero attached hydrogens (tertiary/aromatic N) is 1. The summed E-state index contributed by atoms with van der Waals surface area (Å²) in [4.78, 5) is 27.6. The van der Waals surface area contributed by atoms with Crippen LogP contribution in [-0.4, -0.2) is 63.0 Å². The Morgan fingerprint density at radius 2 is 1.68 bits per heavy atom. The maximum absolute atomic E-state index is 12.8. The number of anilines is 1. The molecule has 1 atom stereocenters. The fourth-order valence-electron chi connectivity index (χ4n) is 3.79. The van der Waals surface area contributed by atoms with E-state index >= 15 is 0 Å². The van der Waals surface area contributed by atoms with E-state index in [9.17, 15) is 18.0 Å². The van der Waals surface area contributed by atoms with Gasteiger partial charge >= 0.3 is 6.09 Å². The maximum atomic E-state index is 12.8. The van der Waals surface area contributed by atoms with E-state index in [1.807, 2.05) is 54.6 Å². The highest BCUT2D eigenvalue weighted by Crippen LogP contribution is 2.14. The SMILES string of the molecule is CS(=O)(=O)CCC(NC(=O)OCc1ccccc1)C(=O)Nc1ccc(CCN2CCCC2)cc1. The third-order valence-electron chi connectivity index (χ3n) is 5.74. The minimum absolute atomic E-state index is 0.0476. The van der Waals surface area contributed by atoms with Crippen LogP contribution in [0.15, 0.2) is 54.6 Å². The van der Waals surface area contributed by atoms with Crippen LogP contribution in [0, 0.1) is 0 Å². The van der Waals surface area contributed by atoms with Gasteiger partial charge in [0.15, 0.2) is 0 Å². The Morgan fingerprint density at radius 3 is 2.32 bits per heavy atom. The monoisotopic (exact) mass is 487 g/mol. The van der Waals surface area contributed by atoms with Gasteiger partial charge in [-0.15, -0.1) is 0 Å². The predicted molar refractivity (Wildman–Crippen MR) is 132 cm³/mol. The van der Waals surface area contributed by atoms with Gasteiger partial charge in [-0.2, -0.15) is 0 Å². The molecule has 1 fully saturated rings. The van der Waals surface area contributed by atoms with E-state index in [-0.39, 0.29) is 18.8 Å². The Morgan fingerprint density at radius 1 is 1.00 bits per heavy atom. The summed E-state index contributed by atoms with van der Waals surface area (Å²) in [5, 5.41) is 5.27. The topological polar surface area (TPSA) is 105 Å². The minimum atomic E-state index is -3.31. The van der Waals surface area contributed by atoms with Gasteiger partial charge < -0.3 is 20.3 Å². The lowest BCUT2D eigenvalue weighted by molar-refractivity contribution is -0.118. The standard InChI is InChI=1S/C25H33N3O5S/c1-34(31,32)18-14-23(27-25(30)33-19-21-7-3-2-4-8-21)24(29)26-22-11-9-20(10-12-22)13-17-28-15-5-6-16-28/h2-4,7-12,23H,5-6,13-19H2,1H3,(H,26,29)(H,27,30). The van der Waals surface area contributed by atoms with Crippen molar-refractivity contribution < 1.29 is 22.7 Å². The molecule has 0 saturated carbocycles. The molecule has 9 heteroatoms. The van der Waals surface area contributed by atoms with Crippen molar-refractivity contribution in [2.45, 2.75) is 38.3 Å². The van der Waals surface area contributed by atoms with Gasteiger partial charge in [0.05, 0.1) is 5.75 Å². The zero-order valence-electron chi connectivity index (χ0n) is 19.5. The average Bonchev–Trinajstić information content (AvgIpc) is 3.34. The van der Waals surface area contributed by atoms with Crippen LogP contribution in [0.5, 0.6) is 0 Å². The number of benzene rings is 2. The number of carbonyl (C=O) groups excluding carboxylic acids is 2. The fourth-order valence-corrected chi connectivity index (χ4v) is 4.45. The largest absolute Gasteiger partial charge is 0.445 e. The maximum Gasteiger partial charge on any atom is 0.408 e. The molecule has 2 aromatic rings. The molecule has 1 saturated heterocycles. The number of alkyl carbamates (subject to hydrolysis) is 1. The van der Waals surface area contributed by atoms with Crippen LogP contribution in [0.3, 0.4) is 0 Å². The Labute approximate surface area is 201 Å². The highest BCUT2D eigenvalue weighted by Gasteiger charge is 2.23. The van der Waals surface area contributed by atoms with Gasteiger partial charge in [0.2, 0.25) is 5.91 Å². The Kier molecular flexibility index (Phi) is 9.47. The Hall–Kier alpha value is -2.91. The molecule has 2 aromatic carbocycles. The van der Waals surface area contributed by atoms with Crippen molar-refractivity contribution in [1.29, 1.82) is 0 Å². The van der Waals surface area contributed by atoms with E-state index in [1.165, 1.54) is 18.4 Å². The van der Waals surface area contributed by atoms with Crippen molar-refractivity contribution in [3.8, 4) is 0 Å². The summed E-state index contributed by atoms with van der Waals surface area (Å²) >= 11 is 0. The van der Waals surface area contributed by atoms with E-state index in [4.69, 9.17) is 4.74 Å². The summed E-state index contributed by atoms with van der Waals surface area (Å²) in [5.41, 5.74) is 2.57. The first-order valence-corrected chi connectivity index (χ1v) is 13.6. The molecule has 1 aliphatic heterocycles. The van der Waals surface area contributed by atoms with Crippen LogP contribution in [-0.2, 0) is 32.4 Å². The van der Waals surface area contributed by atoms with E-state index in [0.717, 1.165) is 37.9 Å². The van der Waals surface area contributed by atoms with Crippen LogP contribution >= 0.6 is 0 Å². The second-order valence-electron chi connectivity index (χ2n) is 8.66. The molecule has 0 radical (unpaired) electrons. The second-order valence-corrected chi connectivity index (χ2v) is 10.9. The van der Waals surface area contributed by atoms with Crippen molar-refractivity contribution in [3.63, 3.8) is 0 Å². The van der Waals surface area contributed by atoms with Gasteiger partial charge in [-0.25, -0.2) is 13.2 Å². The van der Waals surface area contributed by atoms with Crippen molar-refractivity contribution in [1.82, 2.24) is 10.2 Å². The number of carbonyl (C=O) groups is 2. The number of rotatable bonds is 11. The normalized spacial score (nSPS) is 15.0. The van der Waals surface area contributed by atoms with Gasteiger partial charge in [0.1, 0.15) is 22.5 Å². The molecular weight excluding hydrogens is 454 g/mol. The van der Waals surface area contributed by atoms with Crippen molar-refractivity contribution >= 4 is 27.5 Å². The molecule has 34 heavy (non-hydrogen) atoms. The molecule has 0 aliphatic carbocycles. The number of amides is 2. The van der Waals surface area contributed by atoms with Gasteiger partial charge in [0.25, 0.3) is 0 Å². The molecular formula is C25H33N3O5S. The molecule has 1 unspecified atom stereocenters. The average molecular weight is 488 g/mol. The summed E-state index contributed by atoms with van der Waals surface area (Å²) in [7, 11) is -3.31. The quantitative estimate of drug-likeness (QED) is 0.505. The van der Waals surface area contributed by atoms with Crippen LogP contribution < -0.4 is 10.6 Å². The molecule has 184 valence electrons. The molecule has 0 spiro atoms. The highest BCUT2D eigenvalue weighted by atomic mass is 32.2. The molecule has 2 amide bonds. The van der Waals surface area contributed by atoms with Gasteiger partial charge in [-0.3, -0.25) is 4.79 Å². The van der Waals surface area contributed by atoms with E-state index in [0.29, 0.717) is 5.69 Å². The molecule has 0 aromatic heterocycles. The Balaban J connectivity index is 1.54. The molecule has 2 N–H and O–H groups in total. The molecule has 0 bridgehead atoms. The smallest absolute Gasteiger partial charge is 0.408 e. The lowest BCUT2D eigenvalue weighted by Gasteiger charge is -2.18. The molecule has 8 nitrogen and oxygen atoms in total. The summed E-state index contributed by atoms with van der Waals surface area (Å²) < 4.78 is 28.4. The van der Waals surface area contributed by atoms with Crippen molar-refractivity contribution in [2.75, 3.05) is 37.0 Å². The fraction of sp³-hybridized carbons (Fsp3) is 0.440. The number of sulfone groups is 1.